The van der Waals surface area contributed by atoms with Crippen LogP contribution in [0.2, 0.25) is 0 Å². The number of benzene rings is 1. The first-order valence-electron chi connectivity index (χ1n) is 9.60. The first-order valence-corrected chi connectivity index (χ1v) is 10.5. The zero-order valence-corrected chi connectivity index (χ0v) is 16.9. The molecule has 2 unspecified atom stereocenters. The highest BCUT2D eigenvalue weighted by molar-refractivity contribution is 7.07. The van der Waals surface area contributed by atoms with Crippen LogP contribution in [0.4, 0.5) is 0 Å². The number of hydrogen-bond donors (Lipinski definition) is 1. The van der Waals surface area contributed by atoms with Gasteiger partial charge in [0.25, 0.3) is 0 Å². The molecule has 28 heavy (non-hydrogen) atoms. The zero-order chi connectivity index (χ0) is 20.0. The van der Waals surface area contributed by atoms with Crippen molar-refractivity contribution in [3.8, 4) is 5.75 Å². The maximum Gasteiger partial charge on any atom is 0.378 e. The molecule has 1 aromatic carbocycles. The summed E-state index contributed by atoms with van der Waals surface area (Å²) in [6.45, 7) is 1.63. The number of nitrogens with one attached hydrogen (secondary N) is 1. The van der Waals surface area contributed by atoms with Crippen LogP contribution < -0.4 is 10.6 Å². The van der Waals surface area contributed by atoms with E-state index < -0.39 is 16.8 Å². The molecule has 1 aliphatic carbocycles. The van der Waals surface area contributed by atoms with Crippen molar-refractivity contribution < 1.29 is 24.5 Å². The molecule has 1 aliphatic rings. The number of nitrogens with zero attached hydrogens (tertiary/aromatic N) is 2. The molecular formula is C20H27N3O4S+. The van der Waals surface area contributed by atoms with Gasteiger partial charge in [-0.3, -0.25) is 0 Å². The molecule has 1 fully saturated rings. The number of ether oxygens (including phenoxy) is 1. The second-order valence-electron chi connectivity index (χ2n) is 7.33. The molecule has 0 aliphatic heterocycles. The number of thiazole rings is 1. The van der Waals surface area contributed by atoms with Gasteiger partial charge in [-0.1, -0.05) is 32.1 Å². The summed E-state index contributed by atoms with van der Waals surface area (Å²) in [4.78, 5) is 19.5. The molecule has 8 heteroatoms. The first-order chi connectivity index (χ1) is 13.5. The molecule has 2 N–H and O–H groups in total. The number of carbonyl (C=O) groups is 1. The Bertz CT molecular complexity index is 747. The highest BCUT2D eigenvalue weighted by Crippen LogP contribution is 2.38. The Morgan fingerprint density at radius 2 is 2.04 bits per heavy atom. The molecule has 0 saturated heterocycles. The summed E-state index contributed by atoms with van der Waals surface area (Å²) in [5.74, 6) is 7.81. The van der Waals surface area contributed by atoms with E-state index in [1.807, 2.05) is 29.6 Å². The van der Waals surface area contributed by atoms with Gasteiger partial charge < -0.3 is 4.74 Å². The number of amides is 1. The Kier molecular flexibility index (Phi) is 7.14. The van der Waals surface area contributed by atoms with E-state index in [0.29, 0.717) is 24.7 Å². The average Bonchev–Trinajstić information content (AvgIpc) is 3.25. The highest BCUT2D eigenvalue weighted by atomic mass is 32.1. The first kappa shape index (κ1) is 20.9. The normalized spacial score (nSPS) is 18.4. The summed E-state index contributed by atoms with van der Waals surface area (Å²) in [5.41, 5.74) is 3.38. The van der Waals surface area contributed by atoms with E-state index in [-0.39, 0.29) is 0 Å². The number of rotatable bonds is 8. The fraction of sp³-hybridized carbons (Fsp3) is 0.500. The molecule has 1 aromatic heterocycles. The van der Waals surface area contributed by atoms with Crippen molar-refractivity contribution >= 4 is 17.2 Å². The number of quaternary nitrogens is 1. The van der Waals surface area contributed by atoms with E-state index in [1.165, 1.54) is 24.7 Å². The number of carbonyl (C=O) groups excluding carboxylic acids is 1. The Morgan fingerprint density at radius 1 is 1.32 bits per heavy atom. The average molecular weight is 406 g/mol. The van der Waals surface area contributed by atoms with Crippen molar-refractivity contribution in [1.82, 2.24) is 10.9 Å². The van der Waals surface area contributed by atoms with Gasteiger partial charge in [0.15, 0.2) is 6.04 Å². The number of hydroxylamine groups is 4. The minimum Gasteiger partial charge on any atom is -0.487 e. The largest absolute Gasteiger partial charge is 0.487 e. The van der Waals surface area contributed by atoms with Crippen molar-refractivity contribution in [2.75, 3.05) is 0 Å². The van der Waals surface area contributed by atoms with Gasteiger partial charge in [-0.2, -0.15) is 5.21 Å². The predicted octanol–water partition coefficient (Wildman–Crippen LogP) is 4.62. The molecule has 3 rings (SSSR count). The van der Waals surface area contributed by atoms with Crippen LogP contribution in [-0.2, 0) is 16.3 Å². The van der Waals surface area contributed by atoms with Gasteiger partial charge >= 0.3 is 5.91 Å². The van der Waals surface area contributed by atoms with Crippen LogP contribution in [0.25, 0.3) is 0 Å². The standard InChI is InChI=1S/C20H27N3O4S/c1-15(24)23(25,27-21)20(11-16-5-3-2-4-6-16)17-7-9-19(10-8-17)26-12-18-13-28-14-22-18/h7-10,13-14,16,20-21,25H,2-6,11-12H2,1H3/q+1. The second kappa shape index (κ2) is 9.58. The van der Waals surface area contributed by atoms with Crippen LogP contribution in [0.3, 0.4) is 0 Å². The van der Waals surface area contributed by atoms with E-state index in [2.05, 4.69) is 9.92 Å². The maximum absolute atomic E-state index is 12.1. The Morgan fingerprint density at radius 3 is 2.61 bits per heavy atom. The van der Waals surface area contributed by atoms with Crippen molar-refractivity contribution in [1.29, 1.82) is 0 Å². The molecule has 1 radical (unpaired) electrons. The van der Waals surface area contributed by atoms with Crippen molar-refractivity contribution in [3.05, 3.63) is 46.4 Å². The molecule has 0 bridgehead atoms. The third-order valence-corrected chi connectivity index (χ3v) is 6.06. The Hall–Kier alpha value is -1.84. The van der Waals surface area contributed by atoms with E-state index in [9.17, 15) is 10.0 Å². The van der Waals surface area contributed by atoms with Crippen molar-refractivity contribution in [3.63, 3.8) is 0 Å². The van der Waals surface area contributed by atoms with Gasteiger partial charge in [-0.15, -0.1) is 11.3 Å². The minimum atomic E-state index is -1.37. The Balaban J connectivity index is 1.77. The fourth-order valence-electron chi connectivity index (χ4n) is 3.82. The molecule has 2 atom stereocenters. The third-order valence-electron chi connectivity index (χ3n) is 5.43. The summed E-state index contributed by atoms with van der Waals surface area (Å²) in [5, 5.41) is 12.7. The topological polar surface area (TPSA) is 92.5 Å². The van der Waals surface area contributed by atoms with Crippen molar-refractivity contribution in [2.45, 2.75) is 58.1 Å². The molecular weight excluding hydrogens is 378 g/mol. The summed E-state index contributed by atoms with van der Waals surface area (Å²) >= 11 is 1.52. The molecule has 1 saturated carbocycles. The smallest absolute Gasteiger partial charge is 0.378 e. The van der Waals surface area contributed by atoms with E-state index in [0.717, 1.165) is 36.9 Å². The second-order valence-corrected chi connectivity index (χ2v) is 8.04. The lowest BCUT2D eigenvalue weighted by molar-refractivity contribution is -1.21. The Labute approximate surface area is 169 Å². The van der Waals surface area contributed by atoms with Gasteiger partial charge in [-0.25, -0.2) is 9.78 Å². The molecule has 1 heterocycles. The van der Waals surface area contributed by atoms with Gasteiger partial charge in [0.1, 0.15) is 12.4 Å². The molecule has 151 valence electrons. The van der Waals surface area contributed by atoms with Crippen LogP contribution in [0.15, 0.2) is 35.2 Å². The quantitative estimate of drug-likeness (QED) is 0.393. The van der Waals surface area contributed by atoms with Crippen LogP contribution >= 0.6 is 11.3 Å². The molecule has 0 spiro atoms. The van der Waals surface area contributed by atoms with Crippen LogP contribution in [0, 0.1) is 5.92 Å². The van der Waals surface area contributed by atoms with Gasteiger partial charge in [0.05, 0.1) is 18.1 Å². The van der Waals surface area contributed by atoms with Crippen molar-refractivity contribution in [2.24, 2.45) is 5.92 Å². The fourth-order valence-corrected chi connectivity index (χ4v) is 4.36. The van der Waals surface area contributed by atoms with E-state index in [1.54, 1.807) is 5.51 Å². The lowest BCUT2D eigenvalue weighted by atomic mass is 9.83. The highest BCUT2D eigenvalue weighted by Gasteiger charge is 2.46. The van der Waals surface area contributed by atoms with E-state index >= 15 is 0 Å². The SMILES string of the molecule is CC(=O)[N+](O)(O[NH])C(CC1CCCCC1)c1ccc(OCc2cscn2)cc1. The summed E-state index contributed by atoms with van der Waals surface area (Å²) in [7, 11) is 0. The minimum absolute atomic E-state index is 0.387. The van der Waals surface area contributed by atoms with Gasteiger partial charge in [0.2, 0.25) is 0 Å². The van der Waals surface area contributed by atoms with Crippen LogP contribution in [-0.4, -0.2) is 20.9 Å². The van der Waals surface area contributed by atoms with Gasteiger partial charge in [-0.05, 0) is 41.0 Å². The lowest BCUT2D eigenvalue weighted by Crippen LogP contribution is -2.51. The summed E-state index contributed by atoms with van der Waals surface area (Å²) < 4.78 is 5.74. The van der Waals surface area contributed by atoms with Gasteiger partial charge in [0, 0.05) is 22.2 Å². The van der Waals surface area contributed by atoms with Crippen LogP contribution in [0.5, 0.6) is 5.75 Å². The summed E-state index contributed by atoms with van der Waals surface area (Å²) in [6, 6.07) is 6.63. The lowest BCUT2D eigenvalue weighted by Gasteiger charge is -2.32. The molecule has 1 amide bonds. The zero-order valence-electron chi connectivity index (χ0n) is 16.0. The molecule has 2 aromatic rings. The van der Waals surface area contributed by atoms with E-state index in [4.69, 9.17) is 10.6 Å². The maximum atomic E-state index is 12.1. The third kappa shape index (κ3) is 4.95. The number of aromatic nitrogens is 1. The predicted molar refractivity (Wildman–Crippen MR) is 104 cm³/mol. The number of hydrogen-bond acceptors (Lipinski definition) is 6. The molecule has 7 nitrogen and oxygen atoms in total. The monoisotopic (exact) mass is 405 g/mol. The van der Waals surface area contributed by atoms with Crippen LogP contribution in [0.1, 0.15) is 62.7 Å². The summed E-state index contributed by atoms with van der Waals surface area (Å²) in [6.07, 6.45) is 6.28.